The summed E-state index contributed by atoms with van der Waals surface area (Å²) in [5.74, 6) is 0.843. The number of rotatable bonds is 5. The van der Waals surface area contributed by atoms with Crippen molar-refractivity contribution in [3.63, 3.8) is 0 Å². The number of nitrogens with one attached hydrogen (secondary N) is 2. The summed E-state index contributed by atoms with van der Waals surface area (Å²) in [5, 5.41) is 7.41. The molecule has 8 heteroatoms. The molecule has 6 nitrogen and oxygen atoms in total. The van der Waals surface area contributed by atoms with E-state index in [9.17, 15) is 4.79 Å². The third kappa shape index (κ3) is 5.02. The Labute approximate surface area is 172 Å². The number of pyridine rings is 1. The summed E-state index contributed by atoms with van der Waals surface area (Å²) in [5.41, 5.74) is 1.27. The summed E-state index contributed by atoms with van der Waals surface area (Å²) in [6.45, 7) is 2.05. The highest BCUT2D eigenvalue weighted by molar-refractivity contribution is 5.87. The first-order valence-electron chi connectivity index (χ1n) is 8.66. The largest absolute Gasteiger partial charge is 0.368 e. The number of para-hydroxylation sites is 1. The van der Waals surface area contributed by atoms with Crippen molar-refractivity contribution >= 4 is 47.4 Å². The number of halogens is 2. The molecule has 1 aliphatic rings. The van der Waals surface area contributed by atoms with Crippen LogP contribution in [0.5, 0.6) is 0 Å². The molecular weight excluding hydrogens is 387 g/mol. The van der Waals surface area contributed by atoms with Crippen molar-refractivity contribution in [2.45, 2.75) is 25.0 Å². The average Bonchev–Trinajstić information content (AvgIpc) is 2.66. The van der Waals surface area contributed by atoms with Gasteiger partial charge in [-0.25, -0.2) is 4.98 Å². The zero-order chi connectivity index (χ0) is 17.9. The van der Waals surface area contributed by atoms with E-state index in [2.05, 4.69) is 15.6 Å². The Hall–Kier alpha value is -1.60. The predicted octanol–water partition coefficient (Wildman–Crippen LogP) is 2.53. The number of fused-ring (bicyclic) bond motifs is 1. The number of piperidine rings is 1. The zero-order valence-corrected chi connectivity index (χ0v) is 17.6. The molecule has 27 heavy (non-hydrogen) atoms. The third-order valence-electron chi connectivity index (χ3n) is 4.90. The molecule has 150 valence electrons. The van der Waals surface area contributed by atoms with Gasteiger partial charge in [0.25, 0.3) is 5.91 Å². The monoisotopic (exact) mass is 414 g/mol. The van der Waals surface area contributed by atoms with Crippen molar-refractivity contribution in [3.05, 3.63) is 35.9 Å². The summed E-state index contributed by atoms with van der Waals surface area (Å²) >= 11 is 0. The SMILES string of the molecule is COC1(C(=O)NCc2cc(N(C)C)nc3ccccc23)CCNCC1.Cl.Cl. The normalized spacial score (nSPS) is 15.4. The number of hydrogen-bond donors (Lipinski definition) is 2. The minimum Gasteiger partial charge on any atom is -0.368 e. The Kier molecular flexibility index (Phi) is 8.75. The lowest BCUT2D eigenvalue weighted by molar-refractivity contribution is -0.146. The standard InChI is InChI=1S/C19H26N4O2.2ClH/c1-23(2)17-12-14(15-6-4-5-7-16(15)22-17)13-21-18(24)19(25-3)8-10-20-11-9-19;;/h4-7,12,20H,8-11,13H2,1-3H3,(H,21,24);2*1H. The highest BCUT2D eigenvalue weighted by Gasteiger charge is 2.39. The van der Waals surface area contributed by atoms with Gasteiger partial charge < -0.3 is 20.3 Å². The van der Waals surface area contributed by atoms with Crippen LogP contribution in [0.25, 0.3) is 10.9 Å². The van der Waals surface area contributed by atoms with Gasteiger partial charge >= 0.3 is 0 Å². The maximum Gasteiger partial charge on any atom is 0.252 e. The number of amides is 1. The van der Waals surface area contributed by atoms with Crippen LogP contribution in [0, 0.1) is 0 Å². The van der Waals surface area contributed by atoms with Crippen molar-refractivity contribution in [1.29, 1.82) is 0 Å². The Morgan fingerprint density at radius 2 is 1.93 bits per heavy atom. The molecule has 0 radical (unpaired) electrons. The second kappa shape index (κ2) is 10.1. The summed E-state index contributed by atoms with van der Waals surface area (Å²) < 4.78 is 5.61. The molecule has 0 bridgehead atoms. The molecule has 1 fully saturated rings. The van der Waals surface area contributed by atoms with Crippen LogP contribution in [0.3, 0.4) is 0 Å². The first-order valence-corrected chi connectivity index (χ1v) is 8.66. The van der Waals surface area contributed by atoms with Gasteiger partial charge in [0, 0.05) is 33.1 Å². The topological polar surface area (TPSA) is 66.5 Å². The number of carbonyl (C=O) groups excluding carboxylic acids is 1. The highest BCUT2D eigenvalue weighted by atomic mass is 35.5. The summed E-state index contributed by atoms with van der Waals surface area (Å²) in [6.07, 6.45) is 1.38. The predicted molar refractivity (Wildman–Crippen MR) is 114 cm³/mol. The summed E-state index contributed by atoms with van der Waals surface area (Å²) in [6, 6.07) is 10.0. The molecule has 0 spiro atoms. The number of carbonyl (C=O) groups is 1. The van der Waals surface area contributed by atoms with Gasteiger partial charge in [-0.2, -0.15) is 0 Å². The molecule has 2 heterocycles. The number of anilines is 1. The van der Waals surface area contributed by atoms with E-state index in [1.54, 1.807) is 7.11 Å². The molecule has 0 aliphatic carbocycles. The van der Waals surface area contributed by atoms with Crippen molar-refractivity contribution in [1.82, 2.24) is 15.6 Å². The van der Waals surface area contributed by atoms with Crippen LogP contribution in [0.1, 0.15) is 18.4 Å². The van der Waals surface area contributed by atoms with Crippen molar-refractivity contribution in [3.8, 4) is 0 Å². The van der Waals surface area contributed by atoms with Gasteiger partial charge in [0.1, 0.15) is 11.4 Å². The number of nitrogens with zero attached hydrogens (tertiary/aromatic N) is 2. The van der Waals surface area contributed by atoms with Crippen LogP contribution >= 0.6 is 24.8 Å². The lowest BCUT2D eigenvalue weighted by Crippen LogP contribution is -2.53. The lowest BCUT2D eigenvalue weighted by atomic mass is 9.91. The van der Waals surface area contributed by atoms with Crippen LogP contribution in [0.15, 0.2) is 30.3 Å². The second-order valence-corrected chi connectivity index (χ2v) is 6.68. The molecule has 3 rings (SSSR count). The van der Waals surface area contributed by atoms with Crippen LogP contribution < -0.4 is 15.5 Å². The molecule has 1 saturated heterocycles. The maximum atomic E-state index is 12.8. The fraction of sp³-hybridized carbons (Fsp3) is 0.474. The first kappa shape index (κ1) is 23.4. The fourth-order valence-corrected chi connectivity index (χ4v) is 3.30. The summed E-state index contributed by atoms with van der Waals surface area (Å²) in [7, 11) is 5.56. The molecular formula is C19H28Cl2N4O2. The number of aromatic nitrogens is 1. The molecule has 1 aromatic carbocycles. The summed E-state index contributed by atoms with van der Waals surface area (Å²) in [4.78, 5) is 19.4. The van der Waals surface area contributed by atoms with Crippen molar-refractivity contribution in [2.75, 3.05) is 39.2 Å². The molecule has 0 saturated carbocycles. The Morgan fingerprint density at radius 3 is 2.56 bits per heavy atom. The number of ether oxygens (including phenoxy) is 1. The molecule has 2 aromatic rings. The molecule has 0 atom stereocenters. The van der Waals surface area contributed by atoms with E-state index in [1.807, 2.05) is 49.3 Å². The molecule has 1 aromatic heterocycles. The van der Waals surface area contributed by atoms with Crippen LogP contribution in [0.4, 0.5) is 5.82 Å². The van der Waals surface area contributed by atoms with Crippen molar-refractivity contribution < 1.29 is 9.53 Å². The Morgan fingerprint density at radius 1 is 1.26 bits per heavy atom. The third-order valence-corrected chi connectivity index (χ3v) is 4.90. The Balaban J connectivity index is 0.00000182. The Bertz CT molecular complexity index is 764. The quantitative estimate of drug-likeness (QED) is 0.786. The minimum atomic E-state index is -0.724. The molecule has 2 N–H and O–H groups in total. The van der Waals surface area contributed by atoms with E-state index >= 15 is 0 Å². The second-order valence-electron chi connectivity index (χ2n) is 6.68. The van der Waals surface area contributed by atoms with Crippen LogP contribution in [0.2, 0.25) is 0 Å². The van der Waals surface area contributed by atoms with Gasteiger partial charge in [-0.3, -0.25) is 4.79 Å². The smallest absolute Gasteiger partial charge is 0.252 e. The van der Waals surface area contributed by atoms with Gasteiger partial charge in [0.15, 0.2) is 0 Å². The number of benzene rings is 1. The lowest BCUT2D eigenvalue weighted by Gasteiger charge is -2.34. The van der Waals surface area contributed by atoms with Gasteiger partial charge in [0.2, 0.25) is 0 Å². The minimum absolute atomic E-state index is 0. The molecule has 1 amide bonds. The zero-order valence-electron chi connectivity index (χ0n) is 15.9. The maximum absolute atomic E-state index is 12.8. The molecule has 1 aliphatic heterocycles. The fourth-order valence-electron chi connectivity index (χ4n) is 3.30. The van der Waals surface area contributed by atoms with E-state index in [4.69, 9.17) is 4.74 Å². The first-order chi connectivity index (χ1) is 12.1. The average molecular weight is 415 g/mol. The van der Waals surface area contributed by atoms with Crippen LogP contribution in [-0.2, 0) is 16.1 Å². The number of hydrogen-bond acceptors (Lipinski definition) is 5. The van der Waals surface area contributed by atoms with E-state index in [0.717, 1.165) is 35.4 Å². The van der Waals surface area contributed by atoms with E-state index < -0.39 is 5.60 Å². The molecule has 0 unspecified atom stereocenters. The highest BCUT2D eigenvalue weighted by Crippen LogP contribution is 2.25. The van der Waals surface area contributed by atoms with Gasteiger partial charge in [-0.05, 0) is 43.6 Å². The van der Waals surface area contributed by atoms with E-state index in [0.29, 0.717) is 19.4 Å². The number of methoxy groups -OCH3 is 1. The van der Waals surface area contributed by atoms with E-state index in [-0.39, 0.29) is 30.7 Å². The van der Waals surface area contributed by atoms with Gasteiger partial charge in [0.05, 0.1) is 5.52 Å². The van der Waals surface area contributed by atoms with Gasteiger partial charge in [-0.15, -0.1) is 24.8 Å². The van der Waals surface area contributed by atoms with Crippen LogP contribution in [-0.4, -0.2) is 50.8 Å². The van der Waals surface area contributed by atoms with E-state index in [1.165, 1.54) is 0 Å². The van der Waals surface area contributed by atoms with Crippen molar-refractivity contribution in [2.24, 2.45) is 0 Å². The van der Waals surface area contributed by atoms with Gasteiger partial charge in [-0.1, -0.05) is 18.2 Å².